The topological polar surface area (TPSA) is 95.6 Å². The molecule has 2 amide bonds. The van der Waals surface area contributed by atoms with Gasteiger partial charge in [0.1, 0.15) is 5.82 Å². The van der Waals surface area contributed by atoms with Crippen LogP contribution in [0.3, 0.4) is 0 Å². The van der Waals surface area contributed by atoms with Gasteiger partial charge in [-0.05, 0) is 49.4 Å². The minimum absolute atomic E-state index is 0.0669. The Labute approximate surface area is 187 Å². The van der Waals surface area contributed by atoms with Crippen molar-refractivity contribution >= 4 is 21.8 Å². The zero-order valence-corrected chi connectivity index (χ0v) is 18.3. The van der Waals surface area contributed by atoms with Crippen molar-refractivity contribution in [2.45, 2.75) is 30.0 Å². The maximum atomic E-state index is 14.4. The number of sulfonamides is 1. The molecule has 0 bridgehead atoms. The average molecular weight is 487 g/mol. The van der Waals surface area contributed by atoms with Gasteiger partial charge in [-0.25, -0.2) is 17.5 Å². The number of amides is 2. The number of rotatable bonds is 7. The van der Waals surface area contributed by atoms with E-state index in [2.05, 4.69) is 10.0 Å². The van der Waals surface area contributed by atoms with Gasteiger partial charge in [0.25, 0.3) is 5.91 Å². The quantitative estimate of drug-likeness (QED) is 0.588. The molecule has 3 rings (SSSR count). The van der Waals surface area contributed by atoms with E-state index in [1.807, 2.05) is 0 Å². The summed E-state index contributed by atoms with van der Waals surface area (Å²) < 4.78 is 80.1. The van der Waals surface area contributed by atoms with Crippen LogP contribution in [-0.4, -0.2) is 45.3 Å². The Morgan fingerprint density at radius 2 is 1.91 bits per heavy atom. The number of hydrogen-bond donors (Lipinski definition) is 2. The highest BCUT2D eigenvalue weighted by molar-refractivity contribution is 7.89. The van der Waals surface area contributed by atoms with Crippen LogP contribution in [0.25, 0.3) is 0 Å². The molecule has 1 fully saturated rings. The van der Waals surface area contributed by atoms with E-state index in [0.717, 1.165) is 37.4 Å². The van der Waals surface area contributed by atoms with Gasteiger partial charge >= 0.3 is 6.18 Å². The van der Waals surface area contributed by atoms with Crippen LogP contribution in [0.1, 0.15) is 40.4 Å². The van der Waals surface area contributed by atoms with Gasteiger partial charge in [-0.2, -0.15) is 13.2 Å². The SMILES string of the molecule is CNS(=O)(=O)c1ccc(F)c(C(=O)NC(CN2CCCC2=O)c2cccc(C(F)(F)F)c2)c1. The number of alkyl halides is 3. The molecule has 1 atom stereocenters. The standard InChI is InChI=1S/C21H21F4N3O4S/c1-26-33(31,32)15-7-8-17(22)16(11-15)20(30)27-18(12-28-9-3-6-19(28)29)13-4-2-5-14(10-13)21(23,24)25/h2,4-5,7-8,10-11,18,26H,3,6,9,12H2,1H3,(H,27,30). The van der Waals surface area contributed by atoms with Crippen molar-refractivity contribution in [3.05, 3.63) is 65.0 Å². The zero-order chi connectivity index (χ0) is 24.4. The molecule has 0 aromatic heterocycles. The van der Waals surface area contributed by atoms with Crippen molar-refractivity contribution < 1.29 is 35.6 Å². The van der Waals surface area contributed by atoms with E-state index in [-0.39, 0.29) is 29.3 Å². The molecule has 33 heavy (non-hydrogen) atoms. The lowest BCUT2D eigenvalue weighted by Crippen LogP contribution is -2.39. The molecule has 12 heteroatoms. The molecule has 1 saturated heterocycles. The van der Waals surface area contributed by atoms with Gasteiger partial charge in [-0.15, -0.1) is 0 Å². The minimum Gasteiger partial charge on any atom is -0.343 e. The molecule has 2 aromatic rings. The Bertz CT molecular complexity index is 1170. The van der Waals surface area contributed by atoms with E-state index in [0.29, 0.717) is 13.0 Å². The van der Waals surface area contributed by atoms with E-state index in [1.165, 1.54) is 17.0 Å². The fourth-order valence-corrected chi connectivity index (χ4v) is 4.24. The average Bonchev–Trinajstić information content (AvgIpc) is 3.17. The summed E-state index contributed by atoms with van der Waals surface area (Å²) in [6.07, 6.45) is -3.78. The summed E-state index contributed by atoms with van der Waals surface area (Å²) in [6, 6.07) is 5.78. The molecular formula is C21H21F4N3O4S. The predicted molar refractivity (Wildman–Crippen MR) is 110 cm³/mol. The molecule has 1 aliphatic rings. The second kappa shape index (κ2) is 9.48. The van der Waals surface area contributed by atoms with Crippen LogP contribution in [0.15, 0.2) is 47.4 Å². The summed E-state index contributed by atoms with van der Waals surface area (Å²) in [5.41, 5.74) is -1.48. The van der Waals surface area contributed by atoms with Crippen molar-refractivity contribution in [1.82, 2.24) is 14.9 Å². The Balaban J connectivity index is 1.96. The summed E-state index contributed by atoms with van der Waals surface area (Å²) in [5, 5.41) is 2.46. The lowest BCUT2D eigenvalue weighted by atomic mass is 10.0. The molecule has 2 N–H and O–H groups in total. The highest BCUT2D eigenvalue weighted by atomic mass is 32.2. The second-order valence-corrected chi connectivity index (χ2v) is 9.33. The largest absolute Gasteiger partial charge is 0.416 e. The lowest BCUT2D eigenvalue weighted by molar-refractivity contribution is -0.137. The highest BCUT2D eigenvalue weighted by Crippen LogP contribution is 2.31. The molecular weight excluding hydrogens is 466 g/mol. The van der Waals surface area contributed by atoms with Crippen LogP contribution < -0.4 is 10.0 Å². The molecule has 0 aliphatic carbocycles. The van der Waals surface area contributed by atoms with E-state index in [4.69, 9.17) is 0 Å². The fourth-order valence-electron chi connectivity index (χ4n) is 3.48. The van der Waals surface area contributed by atoms with Crippen molar-refractivity contribution in [1.29, 1.82) is 0 Å². The first-order valence-corrected chi connectivity index (χ1v) is 11.4. The molecule has 178 valence electrons. The Morgan fingerprint density at radius 3 is 2.52 bits per heavy atom. The summed E-state index contributed by atoms with van der Waals surface area (Å²) in [6.45, 7) is 0.246. The highest BCUT2D eigenvalue weighted by Gasteiger charge is 2.32. The number of hydrogen-bond acceptors (Lipinski definition) is 4. The lowest BCUT2D eigenvalue weighted by Gasteiger charge is -2.26. The summed E-state index contributed by atoms with van der Waals surface area (Å²) >= 11 is 0. The molecule has 2 aromatic carbocycles. The number of benzene rings is 2. The van der Waals surface area contributed by atoms with Crippen LogP contribution in [0.2, 0.25) is 0 Å². The summed E-state index contributed by atoms with van der Waals surface area (Å²) in [5.74, 6) is -2.26. The number of likely N-dealkylation sites (tertiary alicyclic amines) is 1. The first kappa shape index (κ1) is 24.6. The van der Waals surface area contributed by atoms with E-state index < -0.39 is 45.1 Å². The van der Waals surface area contributed by atoms with Gasteiger partial charge in [0.15, 0.2) is 0 Å². The number of nitrogens with zero attached hydrogens (tertiary/aromatic N) is 1. The maximum Gasteiger partial charge on any atom is 0.416 e. The monoisotopic (exact) mass is 487 g/mol. The predicted octanol–water partition coefficient (Wildman–Crippen LogP) is 2.85. The normalized spacial score (nSPS) is 15.5. The van der Waals surface area contributed by atoms with Crippen LogP contribution in [0, 0.1) is 5.82 Å². The van der Waals surface area contributed by atoms with Crippen LogP contribution in [0.4, 0.5) is 17.6 Å². The van der Waals surface area contributed by atoms with Crippen LogP contribution in [-0.2, 0) is 21.0 Å². The summed E-state index contributed by atoms with van der Waals surface area (Å²) in [7, 11) is -2.83. The third-order valence-electron chi connectivity index (χ3n) is 5.26. The third kappa shape index (κ3) is 5.69. The Kier molecular flexibility index (Phi) is 7.08. The summed E-state index contributed by atoms with van der Waals surface area (Å²) in [4.78, 5) is 26.0. The van der Waals surface area contributed by atoms with Gasteiger partial charge in [0, 0.05) is 19.5 Å². The molecule has 1 aliphatic heterocycles. The smallest absolute Gasteiger partial charge is 0.343 e. The zero-order valence-electron chi connectivity index (χ0n) is 17.4. The number of halogens is 4. The molecule has 1 unspecified atom stereocenters. The van der Waals surface area contributed by atoms with Crippen molar-refractivity contribution in [2.24, 2.45) is 0 Å². The van der Waals surface area contributed by atoms with E-state index in [1.54, 1.807) is 0 Å². The van der Waals surface area contributed by atoms with Crippen LogP contribution in [0.5, 0.6) is 0 Å². The molecule has 0 saturated carbocycles. The number of carbonyl (C=O) groups excluding carboxylic acids is 2. The van der Waals surface area contributed by atoms with Gasteiger partial charge in [0.05, 0.1) is 22.1 Å². The first-order valence-electron chi connectivity index (χ1n) is 9.91. The number of nitrogens with one attached hydrogen (secondary N) is 2. The van der Waals surface area contributed by atoms with Gasteiger partial charge in [-0.3, -0.25) is 9.59 Å². The van der Waals surface area contributed by atoms with Crippen LogP contribution >= 0.6 is 0 Å². The van der Waals surface area contributed by atoms with E-state index in [9.17, 15) is 35.6 Å². The van der Waals surface area contributed by atoms with Crippen molar-refractivity contribution in [2.75, 3.05) is 20.1 Å². The minimum atomic E-state index is -4.63. The van der Waals surface area contributed by atoms with Gasteiger partial charge < -0.3 is 10.2 Å². The number of carbonyl (C=O) groups is 2. The van der Waals surface area contributed by atoms with Gasteiger partial charge in [-0.1, -0.05) is 12.1 Å². The fraction of sp³-hybridized carbons (Fsp3) is 0.333. The Morgan fingerprint density at radius 1 is 1.18 bits per heavy atom. The molecule has 0 spiro atoms. The maximum absolute atomic E-state index is 14.4. The second-order valence-electron chi connectivity index (χ2n) is 7.44. The molecule has 1 heterocycles. The first-order chi connectivity index (χ1) is 15.4. The molecule has 7 nitrogen and oxygen atoms in total. The van der Waals surface area contributed by atoms with E-state index >= 15 is 0 Å². The molecule has 0 radical (unpaired) electrons. The van der Waals surface area contributed by atoms with Crippen molar-refractivity contribution in [3.8, 4) is 0 Å². The van der Waals surface area contributed by atoms with Gasteiger partial charge in [0.2, 0.25) is 15.9 Å². The third-order valence-corrected chi connectivity index (χ3v) is 6.67. The Hall–Kier alpha value is -2.99. The van der Waals surface area contributed by atoms with Crippen molar-refractivity contribution in [3.63, 3.8) is 0 Å².